The zero-order valence-electron chi connectivity index (χ0n) is 20.7. The quantitative estimate of drug-likeness (QED) is 0.308. The summed E-state index contributed by atoms with van der Waals surface area (Å²) in [5.74, 6) is 0.836. The van der Waals surface area contributed by atoms with Gasteiger partial charge in [-0.15, -0.1) is 0 Å². The van der Waals surface area contributed by atoms with Crippen LogP contribution in [0, 0.1) is 13.8 Å². The molecular weight excluding hydrogens is 424 g/mol. The van der Waals surface area contributed by atoms with E-state index < -0.39 is 0 Å². The molecule has 0 fully saturated rings. The summed E-state index contributed by atoms with van der Waals surface area (Å²) in [6.45, 7) is 6.54. The van der Waals surface area contributed by atoms with E-state index in [2.05, 4.69) is 45.0 Å². The highest BCUT2D eigenvalue weighted by Crippen LogP contribution is 2.33. The molecule has 0 aliphatic heterocycles. The van der Waals surface area contributed by atoms with Crippen LogP contribution in [-0.4, -0.2) is 21.4 Å². The van der Waals surface area contributed by atoms with Crippen molar-refractivity contribution in [2.45, 2.75) is 78.8 Å². The number of benzene rings is 3. The van der Waals surface area contributed by atoms with Crippen LogP contribution >= 0.6 is 0 Å². The number of aliphatic hydroxyl groups is 3. The van der Waals surface area contributed by atoms with Gasteiger partial charge in [0, 0.05) is 0 Å². The first kappa shape index (κ1) is 26.0. The highest BCUT2D eigenvalue weighted by Gasteiger charge is 2.11. The Bertz CT molecular complexity index is 1070. The summed E-state index contributed by atoms with van der Waals surface area (Å²) >= 11 is 0. The normalized spacial score (nSPS) is 12.1. The number of hydrogen-bond donors (Lipinski definition) is 3. The molecule has 0 aliphatic rings. The van der Waals surface area contributed by atoms with Crippen LogP contribution in [0.2, 0.25) is 0 Å². The van der Waals surface area contributed by atoms with Crippen LogP contribution < -0.4 is 4.74 Å². The maximum Gasteiger partial charge on any atom is 0.123 e. The van der Waals surface area contributed by atoms with E-state index in [9.17, 15) is 15.3 Å². The summed E-state index contributed by atoms with van der Waals surface area (Å²) in [4.78, 5) is 0. The van der Waals surface area contributed by atoms with Gasteiger partial charge < -0.3 is 20.1 Å². The van der Waals surface area contributed by atoms with Crippen LogP contribution in [0.3, 0.4) is 0 Å². The maximum atomic E-state index is 9.96. The monoisotopic (exact) mass is 462 g/mol. The molecule has 0 heterocycles. The van der Waals surface area contributed by atoms with Gasteiger partial charge in [0.15, 0.2) is 0 Å². The van der Waals surface area contributed by atoms with Crippen molar-refractivity contribution in [3.05, 3.63) is 88.0 Å². The van der Waals surface area contributed by atoms with Crippen LogP contribution in [0.5, 0.6) is 5.75 Å². The van der Waals surface area contributed by atoms with Crippen molar-refractivity contribution < 1.29 is 20.1 Å². The lowest BCUT2D eigenvalue weighted by Gasteiger charge is -2.16. The summed E-state index contributed by atoms with van der Waals surface area (Å²) in [7, 11) is 0. The van der Waals surface area contributed by atoms with E-state index in [0.717, 1.165) is 65.7 Å². The van der Waals surface area contributed by atoms with E-state index in [1.165, 1.54) is 16.7 Å². The van der Waals surface area contributed by atoms with E-state index in [0.29, 0.717) is 6.61 Å². The molecule has 0 spiro atoms. The first-order valence-corrected chi connectivity index (χ1v) is 12.3. The zero-order chi connectivity index (χ0) is 24.5. The van der Waals surface area contributed by atoms with E-state index in [4.69, 9.17) is 4.74 Å². The molecule has 3 rings (SSSR count). The third kappa shape index (κ3) is 6.69. The molecule has 1 unspecified atom stereocenters. The largest absolute Gasteiger partial charge is 0.489 e. The van der Waals surface area contributed by atoms with Gasteiger partial charge in [-0.3, -0.25) is 0 Å². The third-order valence-corrected chi connectivity index (χ3v) is 6.50. The van der Waals surface area contributed by atoms with Crippen LogP contribution in [0.25, 0.3) is 11.1 Å². The second kappa shape index (κ2) is 12.7. The van der Waals surface area contributed by atoms with Crippen molar-refractivity contribution in [1.29, 1.82) is 0 Å². The lowest BCUT2D eigenvalue weighted by Crippen LogP contribution is -2.06. The van der Waals surface area contributed by atoms with Gasteiger partial charge in [0.25, 0.3) is 0 Å². The number of rotatable bonds is 12. The Morgan fingerprint density at radius 2 is 1.59 bits per heavy atom. The molecule has 0 saturated carbocycles. The Hall–Kier alpha value is -2.66. The van der Waals surface area contributed by atoms with Gasteiger partial charge in [-0.1, -0.05) is 55.8 Å². The third-order valence-electron chi connectivity index (χ3n) is 6.50. The van der Waals surface area contributed by atoms with Crippen LogP contribution in [0.15, 0.2) is 54.6 Å². The predicted octanol–water partition coefficient (Wildman–Crippen LogP) is 6.02. The minimum atomic E-state index is -0.182. The van der Waals surface area contributed by atoms with E-state index in [1.807, 2.05) is 30.3 Å². The van der Waals surface area contributed by atoms with Gasteiger partial charge in [0.2, 0.25) is 0 Å². The minimum Gasteiger partial charge on any atom is -0.489 e. The number of aliphatic hydroxyl groups excluding tert-OH is 3. The summed E-state index contributed by atoms with van der Waals surface area (Å²) in [6.07, 6.45) is 4.56. The summed E-state index contributed by atoms with van der Waals surface area (Å²) in [6, 6.07) is 18.4. The Balaban J connectivity index is 1.70. The lowest BCUT2D eigenvalue weighted by molar-refractivity contribution is 0.151. The van der Waals surface area contributed by atoms with Crippen molar-refractivity contribution in [3.63, 3.8) is 0 Å². The molecule has 0 saturated heterocycles. The van der Waals surface area contributed by atoms with Gasteiger partial charge >= 0.3 is 0 Å². The second-order valence-electron chi connectivity index (χ2n) is 9.12. The highest BCUT2D eigenvalue weighted by atomic mass is 16.5. The standard InChI is InChI=1S/C30H38O4/c1-4-7-27(33)9-5-8-23-13-15-28(21(2)16-23)29-10-6-11-30(22(29)3)34-20-24-12-14-25(18-31)26(17-24)19-32/h6,10-17,27,31-33H,4-5,7-9,18-20H2,1-3H3. The fourth-order valence-electron chi connectivity index (χ4n) is 4.50. The van der Waals surface area contributed by atoms with Crippen molar-refractivity contribution >= 4 is 0 Å². The molecule has 3 aromatic rings. The number of ether oxygens (including phenoxy) is 1. The first-order valence-electron chi connectivity index (χ1n) is 12.3. The summed E-state index contributed by atoms with van der Waals surface area (Å²) in [5, 5.41) is 28.9. The Labute approximate surface area is 203 Å². The van der Waals surface area contributed by atoms with Gasteiger partial charge in [0.1, 0.15) is 12.4 Å². The fourth-order valence-corrected chi connectivity index (χ4v) is 4.50. The van der Waals surface area contributed by atoms with Crippen molar-refractivity contribution in [2.75, 3.05) is 0 Å². The highest BCUT2D eigenvalue weighted by molar-refractivity contribution is 5.72. The van der Waals surface area contributed by atoms with E-state index >= 15 is 0 Å². The fraction of sp³-hybridized carbons (Fsp3) is 0.400. The summed E-state index contributed by atoms with van der Waals surface area (Å²) in [5.41, 5.74) is 8.41. The van der Waals surface area contributed by atoms with Crippen molar-refractivity contribution in [3.8, 4) is 16.9 Å². The summed E-state index contributed by atoms with van der Waals surface area (Å²) < 4.78 is 6.15. The minimum absolute atomic E-state index is 0.0862. The van der Waals surface area contributed by atoms with Gasteiger partial charge in [-0.2, -0.15) is 0 Å². The molecule has 0 amide bonds. The Morgan fingerprint density at radius 3 is 2.29 bits per heavy atom. The molecule has 3 aromatic carbocycles. The van der Waals surface area contributed by atoms with Crippen molar-refractivity contribution in [1.82, 2.24) is 0 Å². The topological polar surface area (TPSA) is 69.9 Å². The molecular formula is C30H38O4. The molecule has 0 aliphatic carbocycles. The second-order valence-corrected chi connectivity index (χ2v) is 9.12. The predicted molar refractivity (Wildman–Crippen MR) is 138 cm³/mol. The van der Waals surface area contributed by atoms with Gasteiger partial charge in [-0.05, 0) is 96.2 Å². The molecule has 0 aromatic heterocycles. The van der Waals surface area contributed by atoms with Crippen molar-refractivity contribution in [2.24, 2.45) is 0 Å². The maximum absolute atomic E-state index is 9.96. The SMILES string of the molecule is CCCC(O)CCCc1ccc(-c2cccc(OCc3ccc(CO)c(CO)c3)c2C)c(C)c1. The first-order chi connectivity index (χ1) is 16.5. The smallest absolute Gasteiger partial charge is 0.123 e. The van der Waals surface area contributed by atoms with Gasteiger partial charge in [-0.25, -0.2) is 0 Å². The van der Waals surface area contributed by atoms with Gasteiger partial charge in [0.05, 0.1) is 19.3 Å². The Kier molecular flexibility index (Phi) is 9.70. The number of hydrogen-bond acceptors (Lipinski definition) is 4. The molecule has 1 atom stereocenters. The van der Waals surface area contributed by atoms with Crippen LogP contribution in [-0.2, 0) is 26.2 Å². The van der Waals surface area contributed by atoms with Crippen LogP contribution in [0.4, 0.5) is 0 Å². The molecule has 4 nitrogen and oxygen atoms in total. The number of aryl methyl sites for hydroxylation is 2. The van der Waals surface area contributed by atoms with Crippen LogP contribution in [0.1, 0.15) is 66.0 Å². The average Bonchev–Trinajstić information content (AvgIpc) is 2.84. The molecule has 3 N–H and O–H groups in total. The molecule has 34 heavy (non-hydrogen) atoms. The molecule has 0 bridgehead atoms. The van der Waals surface area contributed by atoms with E-state index in [1.54, 1.807) is 0 Å². The average molecular weight is 463 g/mol. The Morgan fingerprint density at radius 1 is 0.824 bits per heavy atom. The molecule has 182 valence electrons. The molecule has 0 radical (unpaired) electrons. The lowest BCUT2D eigenvalue weighted by atomic mass is 9.93. The zero-order valence-corrected chi connectivity index (χ0v) is 20.7. The van der Waals surface area contributed by atoms with E-state index in [-0.39, 0.29) is 19.3 Å². The molecule has 4 heteroatoms.